The Kier molecular flexibility index (Phi) is 2.79. The van der Waals surface area contributed by atoms with E-state index in [9.17, 15) is 9.59 Å². The van der Waals surface area contributed by atoms with E-state index in [-0.39, 0.29) is 11.6 Å². The molecule has 12 heavy (non-hydrogen) atoms. The van der Waals surface area contributed by atoms with Crippen LogP contribution >= 0.6 is 0 Å². The molecule has 0 N–H and O–H groups in total. The molecule has 0 amide bonds. The molecule has 1 rings (SSSR count). The van der Waals surface area contributed by atoms with E-state index < -0.39 is 0 Å². The van der Waals surface area contributed by atoms with Crippen LogP contribution in [0.25, 0.3) is 0 Å². The van der Waals surface area contributed by atoms with Gasteiger partial charge in [-0.25, -0.2) is 0 Å². The van der Waals surface area contributed by atoms with Gasteiger partial charge in [-0.15, -0.1) is 0 Å². The van der Waals surface area contributed by atoms with E-state index in [1.54, 1.807) is 13.8 Å². The lowest BCUT2D eigenvalue weighted by Crippen LogP contribution is -2.11. The molecule has 0 fully saturated rings. The molecule has 0 bridgehead atoms. The van der Waals surface area contributed by atoms with E-state index in [0.717, 1.165) is 36.8 Å². The van der Waals surface area contributed by atoms with Crippen molar-refractivity contribution >= 4 is 11.6 Å². The van der Waals surface area contributed by atoms with Crippen LogP contribution in [-0.2, 0) is 9.59 Å². The molecule has 0 aromatic heterocycles. The van der Waals surface area contributed by atoms with Crippen molar-refractivity contribution in [1.82, 2.24) is 0 Å². The second kappa shape index (κ2) is 3.65. The molecule has 0 spiro atoms. The predicted molar refractivity (Wildman–Crippen MR) is 46.9 cm³/mol. The van der Waals surface area contributed by atoms with E-state index in [2.05, 4.69) is 0 Å². The average Bonchev–Trinajstić information content (AvgIpc) is 2.04. The number of rotatable bonds is 2. The van der Waals surface area contributed by atoms with Crippen molar-refractivity contribution in [3.8, 4) is 0 Å². The Labute approximate surface area is 72.7 Å². The first-order valence-corrected chi connectivity index (χ1v) is 4.37. The Morgan fingerprint density at radius 2 is 1.25 bits per heavy atom. The SMILES string of the molecule is CC(=O)C1=C(C(C)=O)CCCC1. The summed E-state index contributed by atoms with van der Waals surface area (Å²) in [5.74, 6) is 0.139. The summed E-state index contributed by atoms with van der Waals surface area (Å²) in [6, 6.07) is 0. The highest BCUT2D eigenvalue weighted by Crippen LogP contribution is 2.25. The molecule has 0 unspecified atom stereocenters. The Balaban J connectivity index is 2.99. The number of Topliss-reactive ketones (excluding diaryl/α,β-unsaturated/α-hetero) is 2. The molecular weight excluding hydrogens is 152 g/mol. The molecule has 66 valence electrons. The lowest BCUT2D eigenvalue weighted by molar-refractivity contribution is -0.116. The van der Waals surface area contributed by atoms with Crippen LogP contribution in [0.4, 0.5) is 0 Å². The third-order valence-corrected chi connectivity index (χ3v) is 2.32. The van der Waals surface area contributed by atoms with Crippen molar-refractivity contribution in [2.75, 3.05) is 0 Å². The monoisotopic (exact) mass is 166 g/mol. The minimum Gasteiger partial charge on any atom is -0.295 e. The fourth-order valence-corrected chi connectivity index (χ4v) is 1.68. The molecule has 1 aliphatic carbocycles. The van der Waals surface area contributed by atoms with E-state index in [0.29, 0.717) is 0 Å². The lowest BCUT2D eigenvalue weighted by atomic mass is 9.88. The molecule has 1 aliphatic rings. The van der Waals surface area contributed by atoms with Gasteiger partial charge in [0.05, 0.1) is 0 Å². The summed E-state index contributed by atoms with van der Waals surface area (Å²) in [6.07, 6.45) is 3.69. The van der Waals surface area contributed by atoms with Crippen molar-refractivity contribution in [2.45, 2.75) is 39.5 Å². The summed E-state index contributed by atoms with van der Waals surface area (Å²) in [4.78, 5) is 22.2. The lowest BCUT2D eigenvalue weighted by Gasteiger charge is -2.15. The van der Waals surface area contributed by atoms with Crippen molar-refractivity contribution in [1.29, 1.82) is 0 Å². The molecule has 0 aliphatic heterocycles. The van der Waals surface area contributed by atoms with Crippen molar-refractivity contribution in [3.05, 3.63) is 11.1 Å². The molecule has 0 saturated heterocycles. The van der Waals surface area contributed by atoms with Gasteiger partial charge in [-0.05, 0) is 39.5 Å². The van der Waals surface area contributed by atoms with Gasteiger partial charge in [0.1, 0.15) is 0 Å². The van der Waals surface area contributed by atoms with Crippen LogP contribution in [0, 0.1) is 0 Å². The molecule has 0 heterocycles. The number of carbonyl (C=O) groups is 2. The third kappa shape index (κ3) is 1.81. The van der Waals surface area contributed by atoms with Crippen molar-refractivity contribution in [3.63, 3.8) is 0 Å². The van der Waals surface area contributed by atoms with Gasteiger partial charge >= 0.3 is 0 Å². The minimum absolute atomic E-state index is 0.0694. The zero-order chi connectivity index (χ0) is 9.14. The highest BCUT2D eigenvalue weighted by Gasteiger charge is 2.18. The maximum Gasteiger partial charge on any atom is 0.156 e. The highest BCUT2D eigenvalue weighted by molar-refractivity contribution is 6.04. The van der Waals surface area contributed by atoms with Gasteiger partial charge in [0.2, 0.25) is 0 Å². The van der Waals surface area contributed by atoms with Crippen LogP contribution in [-0.4, -0.2) is 11.6 Å². The zero-order valence-corrected chi connectivity index (χ0v) is 7.64. The van der Waals surface area contributed by atoms with Crippen LogP contribution in [0.15, 0.2) is 11.1 Å². The standard InChI is InChI=1S/C10H14O2/c1-7(11)9-5-3-4-6-10(9)8(2)12/h3-6H2,1-2H3. The Hall–Kier alpha value is -0.920. The summed E-state index contributed by atoms with van der Waals surface area (Å²) >= 11 is 0. The number of allylic oxidation sites excluding steroid dienone is 2. The Bertz CT molecular complexity index is 223. The maximum absolute atomic E-state index is 11.1. The Morgan fingerprint density at radius 3 is 1.50 bits per heavy atom. The van der Waals surface area contributed by atoms with Gasteiger partial charge in [0.15, 0.2) is 11.6 Å². The van der Waals surface area contributed by atoms with Gasteiger partial charge in [-0.2, -0.15) is 0 Å². The summed E-state index contributed by atoms with van der Waals surface area (Å²) in [7, 11) is 0. The zero-order valence-electron chi connectivity index (χ0n) is 7.64. The number of ketones is 2. The summed E-state index contributed by atoms with van der Waals surface area (Å²) in [5, 5.41) is 0. The van der Waals surface area contributed by atoms with Crippen molar-refractivity contribution in [2.24, 2.45) is 0 Å². The van der Waals surface area contributed by atoms with Crippen LogP contribution < -0.4 is 0 Å². The maximum atomic E-state index is 11.1. The predicted octanol–water partition coefficient (Wildman–Crippen LogP) is 2.04. The quantitative estimate of drug-likeness (QED) is 0.629. The van der Waals surface area contributed by atoms with E-state index in [1.165, 1.54) is 0 Å². The van der Waals surface area contributed by atoms with Crippen LogP contribution in [0.2, 0.25) is 0 Å². The highest BCUT2D eigenvalue weighted by atomic mass is 16.1. The largest absolute Gasteiger partial charge is 0.295 e. The van der Waals surface area contributed by atoms with Crippen LogP contribution in [0.5, 0.6) is 0 Å². The van der Waals surface area contributed by atoms with Gasteiger partial charge < -0.3 is 0 Å². The summed E-state index contributed by atoms with van der Waals surface area (Å²) in [6.45, 7) is 3.09. The summed E-state index contributed by atoms with van der Waals surface area (Å²) in [5.41, 5.74) is 1.54. The number of carbonyl (C=O) groups excluding carboxylic acids is 2. The van der Waals surface area contributed by atoms with Crippen LogP contribution in [0.3, 0.4) is 0 Å². The fourth-order valence-electron chi connectivity index (χ4n) is 1.68. The van der Waals surface area contributed by atoms with Gasteiger partial charge in [0.25, 0.3) is 0 Å². The molecule has 0 aromatic carbocycles. The molecule has 2 heteroatoms. The first kappa shape index (κ1) is 9.17. The first-order valence-electron chi connectivity index (χ1n) is 4.37. The molecule has 2 nitrogen and oxygen atoms in total. The number of hydrogen-bond acceptors (Lipinski definition) is 2. The molecule has 0 radical (unpaired) electrons. The van der Waals surface area contributed by atoms with Gasteiger partial charge in [-0.1, -0.05) is 0 Å². The molecule has 0 aromatic rings. The second-order valence-corrected chi connectivity index (χ2v) is 3.28. The fraction of sp³-hybridized carbons (Fsp3) is 0.600. The molecule has 0 atom stereocenters. The minimum atomic E-state index is 0.0694. The summed E-state index contributed by atoms with van der Waals surface area (Å²) < 4.78 is 0. The molecular formula is C10H14O2. The topological polar surface area (TPSA) is 34.1 Å². The molecule has 0 saturated carbocycles. The van der Waals surface area contributed by atoms with Crippen molar-refractivity contribution < 1.29 is 9.59 Å². The van der Waals surface area contributed by atoms with Gasteiger partial charge in [0, 0.05) is 11.1 Å². The smallest absolute Gasteiger partial charge is 0.156 e. The third-order valence-electron chi connectivity index (χ3n) is 2.32. The Morgan fingerprint density at radius 1 is 0.917 bits per heavy atom. The second-order valence-electron chi connectivity index (χ2n) is 3.28. The van der Waals surface area contributed by atoms with Gasteiger partial charge in [-0.3, -0.25) is 9.59 Å². The van der Waals surface area contributed by atoms with Crippen LogP contribution in [0.1, 0.15) is 39.5 Å². The van der Waals surface area contributed by atoms with E-state index in [4.69, 9.17) is 0 Å². The number of hydrogen-bond donors (Lipinski definition) is 0. The average molecular weight is 166 g/mol. The normalized spacial score (nSPS) is 17.8. The van der Waals surface area contributed by atoms with E-state index in [1.807, 2.05) is 0 Å². The van der Waals surface area contributed by atoms with E-state index >= 15 is 0 Å². The first-order chi connectivity index (χ1) is 5.63.